The van der Waals surface area contributed by atoms with Crippen LogP contribution in [0.5, 0.6) is 0 Å². The van der Waals surface area contributed by atoms with Crippen molar-refractivity contribution in [1.29, 1.82) is 0 Å². The number of aromatic nitrogens is 2. The van der Waals surface area contributed by atoms with Gasteiger partial charge in [-0.05, 0) is 32.7 Å². The molecule has 1 aliphatic carbocycles. The molecule has 108 valence electrons. The molecule has 0 radical (unpaired) electrons. The van der Waals surface area contributed by atoms with Crippen LogP contribution in [0.15, 0.2) is 12.4 Å². The van der Waals surface area contributed by atoms with Crippen LogP contribution in [0.1, 0.15) is 51.5 Å². The molecule has 0 bridgehead atoms. The van der Waals surface area contributed by atoms with Crippen molar-refractivity contribution in [2.24, 2.45) is 5.73 Å². The molecule has 0 aliphatic heterocycles. The van der Waals surface area contributed by atoms with E-state index in [1.54, 1.807) is 0 Å². The summed E-state index contributed by atoms with van der Waals surface area (Å²) >= 11 is 0. The lowest BCUT2D eigenvalue weighted by atomic mass is 9.94. The maximum absolute atomic E-state index is 6.12. The van der Waals surface area contributed by atoms with Gasteiger partial charge in [-0.2, -0.15) is 5.10 Å². The molecule has 0 spiro atoms. The summed E-state index contributed by atoms with van der Waals surface area (Å²) in [7, 11) is 0. The minimum absolute atomic E-state index is 0.240. The Labute approximate surface area is 117 Å². The molecule has 4 nitrogen and oxygen atoms in total. The van der Waals surface area contributed by atoms with E-state index in [-0.39, 0.29) is 5.54 Å². The van der Waals surface area contributed by atoms with E-state index in [2.05, 4.69) is 30.0 Å². The SMILES string of the molecule is CCCN(Cc1cnn(CC)c1)C1(CN)CCCC1. The third-order valence-electron chi connectivity index (χ3n) is 4.46. The second-order valence-corrected chi connectivity index (χ2v) is 5.76. The van der Waals surface area contributed by atoms with Gasteiger partial charge in [0, 0.05) is 36.9 Å². The number of rotatable bonds is 7. The lowest BCUT2D eigenvalue weighted by Gasteiger charge is -2.40. The van der Waals surface area contributed by atoms with Gasteiger partial charge in [-0.15, -0.1) is 0 Å². The molecule has 1 aliphatic rings. The average Bonchev–Trinajstić information content (AvgIpc) is 3.07. The smallest absolute Gasteiger partial charge is 0.0534 e. The largest absolute Gasteiger partial charge is 0.329 e. The maximum Gasteiger partial charge on any atom is 0.0534 e. The van der Waals surface area contributed by atoms with Crippen molar-refractivity contribution in [2.45, 2.75) is 64.6 Å². The summed E-state index contributed by atoms with van der Waals surface area (Å²) in [5, 5.41) is 4.38. The van der Waals surface area contributed by atoms with Crippen molar-refractivity contribution in [3.63, 3.8) is 0 Å². The fourth-order valence-electron chi connectivity index (χ4n) is 3.32. The Morgan fingerprint density at radius 3 is 2.63 bits per heavy atom. The molecule has 0 amide bonds. The second kappa shape index (κ2) is 6.53. The molecule has 0 aromatic carbocycles. The summed E-state index contributed by atoms with van der Waals surface area (Å²) in [5.74, 6) is 0. The first-order chi connectivity index (χ1) is 9.24. The molecule has 2 rings (SSSR count). The molecule has 1 saturated carbocycles. The Morgan fingerprint density at radius 1 is 1.37 bits per heavy atom. The average molecular weight is 264 g/mol. The van der Waals surface area contributed by atoms with Crippen LogP contribution in [0, 0.1) is 0 Å². The first kappa shape index (κ1) is 14.5. The molecule has 4 heteroatoms. The summed E-state index contributed by atoms with van der Waals surface area (Å²) in [4.78, 5) is 2.61. The van der Waals surface area contributed by atoms with Gasteiger partial charge in [0.1, 0.15) is 0 Å². The van der Waals surface area contributed by atoms with Gasteiger partial charge in [-0.1, -0.05) is 19.8 Å². The van der Waals surface area contributed by atoms with E-state index in [1.807, 2.05) is 10.9 Å². The highest BCUT2D eigenvalue weighted by Crippen LogP contribution is 2.35. The van der Waals surface area contributed by atoms with E-state index >= 15 is 0 Å². The monoisotopic (exact) mass is 264 g/mol. The summed E-state index contributed by atoms with van der Waals surface area (Å²) in [6, 6.07) is 0. The second-order valence-electron chi connectivity index (χ2n) is 5.76. The van der Waals surface area contributed by atoms with Gasteiger partial charge in [0.25, 0.3) is 0 Å². The minimum Gasteiger partial charge on any atom is -0.329 e. The third-order valence-corrected chi connectivity index (χ3v) is 4.46. The maximum atomic E-state index is 6.12. The normalized spacial score (nSPS) is 18.3. The van der Waals surface area contributed by atoms with E-state index < -0.39 is 0 Å². The van der Waals surface area contributed by atoms with Crippen LogP contribution in [0.3, 0.4) is 0 Å². The standard InChI is InChI=1S/C15H28N4/c1-3-9-18(15(13-16)7-5-6-8-15)11-14-10-17-19(4-2)12-14/h10,12H,3-9,11,13,16H2,1-2H3. The predicted molar refractivity (Wildman–Crippen MR) is 78.9 cm³/mol. The Balaban J connectivity index is 2.10. The Bertz CT molecular complexity index is 379. The highest BCUT2D eigenvalue weighted by molar-refractivity contribution is 5.06. The quantitative estimate of drug-likeness (QED) is 0.822. The van der Waals surface area contributed by atoms with E-state index in [9.17, 15) is 0 Å². The van der Waals surface area contributed by atoms with Crippen LogP contribution >= 0.6 is 0 Å². The Morgan fingerprint density at radius 2 is 2.11 bits per heavy atom. The topological polar surface area (TPSA) is 47.1 Å². The van der Waals surface area contributed by atoms with Crippen LogP contribution < -0.4 is 5.73 Å². The van der Waals surface area contributed by atoms with Crippen molar-refractivity contribution in [1.82, 2.24) is 14.7 Å². The van der Waals surface area contributed by atoms with E-state index in [4.69, 9.17) is 5.73 Å². The molecule has 1 aromatic heterocycles. The molecule has 0 saturated heterocycles. The van der Waals surface area contributed by atoms with Crippen LogP contribution in [0.25, 0.3) is 0 Å². The fourth-order valence-corrected chi connectivity index (χ4v) is 3.32. The zero-order valence-electron chi connectivity index (χ0n) is 12.4. The van der Waals surface area contributed by atoms with Crippen molar-refractivity contribution >= 4 is 0 Å². The molecule has 1 aromatic rings. The molecule has 19 heavy (non-hydrogen) atoms. The molecule has 2 N–H and O–H groups in total. The van der Waals surface area contributed by atoms with Crippen LogP contribution in [-0.2, 0) is 13.1 Å². The van der Waals surface area contributed by atoms with Crippen LogP contribution in [-0.4, -0.2) is 33.3 Å². The molecule has 0 unspecified atom stereocenters. The van der Waals surface area contributed by atoms with Crippen LogP contribution in [0.4, 0.5) is 0 Å². The van der Waals surface area contributed by atoms with Gasteiger partial charge in [0.05, 0.1) is 6.20 Å². The minimum atomic E-state index is 0.240. The molecule has 1 fully saturated rings. The Hall–Kier alpha value is -0.870. The zero-order chi connectivity index (χ0) is 13.7. The number of aryl methyl sites for hydroxylation is 1. The first-order valence-electron chi connectivity index (χ1n) is 7.70. The molecule has 1 heterocycles. The van der Waals surface area contributed by atoms with Crippen LogP contribution in [0.2, 0.25) is 0 Å². The summed E-state index contributed by atoms with van der Waals surface area (Å²) in [5.41, 5.74) is 7.68. The van der Waals surface area contributed by atoms with Gasteiger partial charge < -0.3 is 5.73 Å². The fraction of sp³-hybridized carbons (Fsp3) is 0.800. The van der Waals surface area contributed by atoms with Crippen molar-refractivity contribution < 1.29 is 0 Å². The Kier molecular flexibility index (Phi) is 4.99. The summed E-state index contributed by atoms with van der Waals surface area (Å²) in [6.45, 7) is 8.23. The predicted octanol–water partition coefficient (Wildman–Crippen LogP) is 2.39. The van der Waals surface area contributed by atoms with Gasteiger partial charge in [-0.3, -0.25) is 9.58 Å². The molecular formula is C15H28N4. The van der Waals surface area contributed by atoms with Gasteiger partial charge >= 0.3 is 0 Å². The molecule has 0 atom stereocenters. The van der Waals surface area contributed by atoms with E-state index in [0.717, 1.165) is 26.2 Å². The number of hydrogen-bond donors (Lipinski definition) is 1. The highest BCUT2D eigenvalue weighted by atomic mass is 15.3. The van der Waals surface area contributed by atoms with Crippen molar-refractivity contribution in [3.8, 4) is 0 Å². The van der Waals surface area contributed by atoms with Gasteiger partial charge in [-0.25, -0.2) is 0 Å². The lowest BCUT2D eigenvalue weighted by molar-refractivity contribution is 0.0903. The first-order valence-corrected chi connectivity index (χ1v) is 7.70. The summed E-state index contributed by atoms with van der Waals surface area (Å²) in [6.07, 6.45) is 10.5. The number of nitrogens with zero attached hydrogens (tertiary/aromatic N) is 3. The van der Waals surface area contributed by atoms with Gasteiger partial charge in [0.15, 0.2) is 0 Å². The lowest BCUT2D eigenvalue weighted by Crippen LogP contribution is -2.51. The zero-order valence-corrected chi connectivity index (χ0v) is 12.4. The number of nitrogens with two attached hydrogens (primary N) is 1. The highest BCUT2D eigenvalue weighted by Gasteiger charge is 2.37. The van der Waals surface area contributed by atoms with Crippen molar-refractivity contribution in [3.05, 3.63) is 18.0 Å². The van der Waals surface area contributed by atoms with Crippen molar-refractivity contribution in [2.75, 3.05) is 13.1 Å². The third kappa shape index (κ3) is 3.18. The van der Waals surface area contributed by atoms with Gasteiger partial charge in [0.2, 0.25) is 0 Å². The van der Waals surface area contributed by atoms with E-state index in [0.29, 0.717) is 0 Å². The van der Waals surface area contributed by atoms with E-state index in [1.165, 1.54) is 37.7 Å². The summed E-state index contributed by atoms with van der Waals surface area (Å²) < 4.78 is 2.00. The molecular weight excluding hydrogens is 236 g/mol. The number of hydrogen-bond acceptors (Lipinski definition) is 3.